The Labute approximate surface area is 256 Å². The molecule has 1 aliphatic heterocycles. The molecule has 6 nitrogen and oxygen atoms in total. The highest BCUT2D eigenvalue weighted by Gasteiger charge is 2.65. The Kier molecular flexibility index (Phi) is 9.27. The summed E-state index contributed by atoms with van der Waals surface area (Å²) in [6.07, 6.45) is 19.3. The lowest BCUT2D eigenvalue weighted by Gasteiger charge is -2.61. The summed E-state index contributed by atoms with van der Waals surface area (Å²) in [6, 6.07) is 0.842. The van der Waals surface area contributed by atoms with Crippen molar-refractivity contribution in [2.75, 3.05) is 19.7 Å². The van der Waals surface area contributed by atoms with E-state index in [4.69, 9.17) is 10.5 Å². The number of carbonyl (C=O) groups is 1. The van der Waals surface area contributed by atoms with Gasteiger partial charge in [-0.15, -0.1) is 0 Å². The van der Waals surface area contributed by atoms with E-state index in [1.807, 2.05) is 0 Å². The molecule has 0 radical (unpaired) electrons. The van der Waals surface area contributed by atoms with Gasteiger partial charge in [-0.2, -0.15) is 0 Å². The number of rotatable bonds is 8. The molecule has 1 saturated heterocycles. The zero-order chi connectivity index (χ0) is 29.6. The number of carbonyl (C=O) groups excluding carboxylic acids is 1. The van der Waals surface area contributed by atoms with Crippen LogP contribution in [0.5, 0.6) is 0 Å². The van der Waals surface area contributed by atoms with Gasteiger partial charge < -0.3 is 25.8 Å². The van der Waals surface area contributed by atoms with E-state index in [-0.39, 0.29) is 12.6 Å². The van der Waals surface area contributed by atoms with Crippen LogP contribution in [0.4, 0.5) is 4.79 Å². The molecule has 6 fully saturated rings. The number of amides is 2. The first-order chi connectivity index (χ1) is 20.2. The van der Waals surface area contributed by atoms with Gasteiger partial charge in [-0.25, -0.2) is 4.79 Å². The van der Waals surface area contributed by atoms with Crippen molar-refractivity contribution in [2.45, 2.75) is 148 Å². The lowest BCUT2D eigenvalue weighted by atomic mass is 9.44. The second-order valence-electron chi connectivity index (χ2n) is 16.6. The summed E-state index contributed by atoms with van der Waals surface area (Å²) in [5.74, 6) is 4.92. The third kappa shape index (κ3) is 5.46. The second-order valence-corrected chi connectivity index (χ2v) is 16.6. The Hall–Kier alpha value is -0.850. The van der Waals surface area contributed by atoms with Crippen molar-refractivity contribution >= 4 is 6.03 Å². The zero-order valence-electron chi connectivity index (χ0n) is 27.4. The Morgan fingerprint density at radius 1 is 1.02 bits per heavy atom. The molecular weight excluding hydrogens is 522 g/mol. The quantitative estimate of drug-likeness (QED) is 0.294. The van der Waals surface area contributed by atoms with Crippen molar-refractivity contribution in [1.29, 1.82) is 0 Å². The van der Waals surface area contributed by atoms with Crippen LogP contribution in [0.3, 0.4) is 0 Å². The maximum absolute atomic E-state index is 13.5. The van der Waals surface area contributed by atoms with Crippen LogP contribution >= 0.6 is 0 Å². The molecule has 0 bridgehead atoms. The van der Waals surface area contributed by atoms with E-state index in [1.54, 1.807) is 0 Å². The van der Waals surface area contributed by atoms with Crippen LogP contribution in [-0.2, 0) is 4.74 Å². The van der Waals surface area contributed by atoms with Crippen LogP contribution in [-0.4, -0.2) is 60.0 Å². The Balaban J connectivity index is 1.08. The van der Waals surface area contributed by atoms with Gasteiger partial charge in [0.05, 0.1) is 12.2 Å². The Morgan fingerprint density at radius 2 is 1.79 bits per heavy atom. The molecule has 0 aromatic heterocycles. The molecule has 1 heterocycles. The molecule has 6 rings (SSSR count). The van der Waals surface area contributed by atoms with Crippen molar-refractivity contribution < 1.29 is 14.6 Å². The number of hydrogen-bond acceptors (Lipinski definition) is 4. The fraction of sp³-hybridized carbons (Fsp3) is 0.972. The molecule has 6 heteroatoms. The minimum absolute atomic E-state index is 0.152. The summed E-state index contributed by atoms with van der Waals surface area (Å²) in [7, 11) is 0. The number of hydrogen-bond donors (Lipinski definition) is 3. The maximum atomic E-state index is 13.5. The molecule has 240 valence electrons. The van der Waals surface area contributed by atoms with Crippen molar-refractivity contribution in [3.8, 4) is 0 Å². The third-order valence-corrected chi connectivity index (χ3v) is 14.5. The van der Waals surface area contributed by atoms with E-state index in [9.17, 15) is 9.90 Å². The van der Waals surface area contributed by atoms with E-state index < -0.39 is 0 Å². The van der Waals surface area contributed by atoms with Gasteiger partial charge in [-0.1, -0.05) is 47.0 Å². The molecule has 0 aromatic carbocycles. The Bertz CT molecular complexity index is 940. The summed E-state index contributed by atoms with van der Waals surface area (Å²) >= 11 is 0. The summed E-state index contributed by atoms with van der Waals surface area (Å²) in [4.78, 5) is 15.6. The first kappa shape index (κ1) is 31.1. The van der Waals surface area contributed by atoms with Gasteiger partial charge in [-0.3, -0.25) is 0 Å². The van der Waals surface area contributed by atoms with Crippen molar-refractivity contribution in [3.63, 3.8) is 0 Å². The molecule has 5 saturated carbocycles. The molecule has 5 aliphatic carbocycles. The SMILES string of the molecule is C[C@H](CO)CC[C@H]1O[C@H]2CC3[C@@H]4CC[C@@H]5C[C@H](NC(=O)N(CCN)C6CCCCC6)CC[C@]5(C)C4CC[C@]3(C)C2[C@@H]1C. The highest BCUT2D eigenvalue weighted by Crippen LogP contribution is 2.70. The molecule has 2 amide bonds. The lowest BCUT2D eigenvalue weighted by Crippen LogP contribution is -2.57. The molecule has 6 aliphatic rings. The topological polar surface area (TPSA) is 87.8 Å². The predicted octanol–water partition coefficient (Wildman–Crippen LogP) is 6.74. The Morgan fingerprint density at radius 3 is 2.52 bits per heavy atom. The maximum Gasteiger partial charge on any atom is 0.317 e. The molecule has 42 heavy (non-hydrogen) atoms. The van der Waals surface area contributed by atoms with Gasteiger partial charge in [0.1, 0.15) is 0 Å². The van der Waals surface area contributed by atoms with Gasteiger partial charge in [0, 0.05) is 31.8 Å². The average molecular weight is 586 g/mol. The van der Waals surface area contributed by atoms with E-state index >= 15 is 0 Å². The van der Waals surface area contributed by atoms with Crippen LogP contribution in [0.15, 0.2) is 0 Å². The number of aliphatic hydroxyl groups is 1. The van der Waals surface area contributed by atoms with Crippen LogP contribution in [0, 0.1) is 52.3 Å². The van der Waals surface area contributed by atoms with Crippen LogP contribution in [0.25, 0.3) is 0 Å². The fourth-order valence-electron chi connectivity index (χ4n) is 12.2. The number of aliphatic hydroxyl groups excluding tert-OH is 1. The van der Waals surface area contributed by atoms with E-state index in [0.29, 0.717) is 66.0 Å². The van der Waals surface area contributed by atoms with Gasteiger partial charge in [-0.05, 0) is 129 Å². The normalized spacial score (nSPS) is 45.8. The highest BCUT2D eigenvalue weighted by molar-refractivity contribution is 5.75. The number of fused-ring (bicyclic) bond motifs is 7. The largest absolute Gasteiger partial charge is 0.396 e. The number of nitrogens with one attached hydrogen (secondary N) is 1. The summed E-state index contributed by atoms with van der Waals surface area (Å²) in [6.45, 7) is 11.5. The number of urea groups is 1. The monoisotopic (exact) mass is 585 g/mol. The van der Waals surface area contributed by atoms with Crippen molar-refractivity contribution in [2.24, 2.45) is 58.0 Å². The average Bonchev–Trinajstić information content (AvgIpc) is 3.47. The summed E-state index contributed by atoms with van der Waals surface area (Å²) in [5, 5.41) is 13.0. The van der Waals surface area contributed by atoms with E-state index in [0.717, 1.165) is 62.2 Å². The van der Waals surface area contributed by atoms with E-state index in [2.05, 4.69) is 37.9 Å². The minimum Gasteiger partial charge on any atom is -0.396 e. The molecule has 3 unspecified atom stereocenters. The summed E-state index contributed by atoms with van der Waals surface area (Å²) in [5.41, 5.74) is 6.79. The van der Waals surface area contributed by atoms with Crippen molar-refractivity contribution in [1.82, 2.24) is 10.2 Å². The zero-order valence-corrected chi connectivity index (χ0v) is 27.4. The lowest BCUT2D eigenvalue weighted by molar-refractivity contribution is -0.118. The molecule has 0 spiro atoms. The second kappa shape index (κ2) is 12.5. The van der Waals surface area contributed by atoms with E-state index in [1.165, 1.54) is 57.8 Å². The highest BCUT2D eigenvalue weighted by atomic mass is 16.5. The first-order valence-corrected chi connectivity index (χ1v) is 18.2. The van der Waals surface area contributed by atoms with Crippen molar-refractivity contribution in [3.05, 3.63) is 0 Å². The van der Waals surface area contributed by atoms with Crippen LogP contribution in [0.1, 0.15) is 124 Å². The smallest absolute Gasteiger partial charge is 0.317 e. The third-order valence-electron chi connectivity index (χ3n) is 14.5. The molecular formula is C36H63N3O3. The van der Waals surface area contributed by atoms with Gasteiger partial charge in [0.25, 0.3) is 0 Å². The standard InChI is InChI=1S/C36H63N3O3/c1-23(22-40)10-13-31-24(2)33-32(42-31)21-30-28-12-11-25-20-26(14-16-35(25,3)29(28)15-17-36(30,33)4)38-34(41)39(19-18-37)27-8-6-5-7-9-27/h23-33,40H,5-22,37H2,1-4H3,(H,38,41)/t23-,24+,25+,26+,28+,29?,30?,31+,32-,33?,35-,36-/m0/s1. The predicted molar refractivity (Wildman–Crippen MR) is 169 cm³/mol. The van der Waals surface area contributed by atoms with Gasteiger partial charge in [0.15, 0.2) is 0 Å². The number of nitrogens with two attached hydrogens (primary N) is 1. The molecule has 12 atom stereocenters. The number of ether oxygens (including phenoxy) is 1. The molecule has 0 aromatic rings. The minimum atomic E-state index is 0.152. The van der Waals surface area contributed by atoms with Crippen LogP contribution < -0.4 is 11.1 Å². The van der Waals surface area contributed by atoms with Crippen LogP contribution in [0.2, 0.25) is 0 Å². The fourth-order valence-corrected chi connectivity index (χ4v) is 12.2. The summed E-state index contributed by atoms with van der Waals surface area (Å²) < 4.78 is 6.86. The van der Waals surface area contributed by atoms with Gasteiger partial charge >= 0.3 is 6.03 Å². The number of nitrogens with zero attached hydrogens (tertiary/aromatic N) is 1. The first-order valence-electron chi connectivity index (χ1n) is 18.2. The van der Waals surface area contributed by atoms with Gasteiger partial charge in [0.2, 0.25) is 0 Å². The molecule has 4 N–H and O–H groups in total.